The van der Waals surface area contributed by atoms with Crippen LogP contribution < -0.4 is 10.6 Å². The van der Waals surface area contributed by atoms with Crippen molar-refractivity contribution in [2.45, 2.75) is 26.3 Å². The molecule has 2 amide bonds. The summed E-state index contributed by atoms with van der Waals surface area (Å²) in [6.45, 7) is 2.32. The minimum Gasteiger partial charge on any atom is -0.351 e. The summed E-state index contributed by atoms with van der Waals surface area (Å²) in [5.41, 5.74) is 1.60. The Bertz CT molecular complexity index is 527. The summed E-state index contributed by atoms with van der Waals surface area (Å²) in [7, 11) is 0. The zero-order valence-electron chi connectivity index (χ0n) is 11.3. The number of benzene rings is 1. The second-order valence-corrected chi connectivity index (χ2v) is 4.11. The van der Waals surface area contributed by atoms with Crippen LogP contribution in [0.1, 0.15) is 25.3 Å². The molecule has 0 spiro atoms. The normalized spacial score (nSPS) is 10.0. The van der Waals surface area contributed by atoms with Gasteiger partial charge in [-0.3, -0.25) is 9.59 Å². The zero-order valence-corrected chi connectivity index (χ0v) is 11.3. The van der Waals surface area contributed by atoms with Crippen molar-refractivity contribution in [1.82, 2.24) is 5.32 Å². The van der Waals surface area contributed by atoms with Gasteiger partial charge in [0.1, 0.15) is 6.42 Å². The number of anilines is 1. The van der Waals surface area contributed by atoms with Gasteiger partial charge < -0.3 is 10.6 Å². The number of allylic oxidation sites excluding steroid dienone is 1. The Morgan fingerprint density at radius 2 is 2.00 bits per heavy atom. The lowest BCUT2D eigenvalue weighted by atomic mass is 10.2. The van der Waals surface area contributed by atoms with Crippen molar-refractivity contribution < 1.29 is 9.59 Å². The third-order valence-electron chi connectivity index (χ3n) is 2.46. The third kappa shape index (κ3) is 5.83. The van der Waals surface area contributed by atoms with Crippen LogP contribution in [-0.4, -0.2) is 11.8 Å². The van der Waals surface area contributed by atoms with Crippen LogP contribution in [0.4, 0.5) is 5.69 Å². The molecule has 0 aliphatic rings. The third-order valence-corrected chi connectivity index (χ3v) is 2.46. The van der Waals surface area contributed by atoms with Gasteiger partial charge in [-0.1, -0.05) is 25.1 Å². The summed E-state index contributed by atoms with van der Waals surface area (Å²) >= 11 is 0. The maximum absolute atomic E-state index is 11.5. The quantitative estimate of drug-likeness (QED) is 0.777. The SMILES string of the molecule is CC/C=C/C(=O)Nc1ccc(CNC(=O)CC#N)cc1. The molecule has 0 atom stereocenters. The van der Waals surface area contributed by atoms with Crippen LogP contribution in [0.15, 0.2) is 36.4 Å². The molecule has 0 aliphatic heterocycles. The van der Waals surface area contributed by atoms with Gasteiger partial charge in [0.2, 0.25) is 11.8 Å². The van der Waals surface area contributed by atoms with Crippen molar-refractivity contribution in [3.8, 4) is 6.07 Å². The van der Waals surface area contributed by atoms with Crippen LogP contribution in [0.25, 0.3) is 0 Å². The Balaban J connectivity index is 2.48. The van der Waals surface area contributed by atoms with Crippen LogP contribution in [0.3, 0.4) is 0 Å². The van der Waals surface area contributed by atoms with Crippen LogP contribution in [0.2, 0.25) is 0 Å². The first kappa shape index (κ1) is 15.4. The highest BCUT2D eigenvalue weighted by molar-refractivity contribution is 5.99. The van der Waals surface area contributed by atoms with Gasteiger partial charge in [0, 0.05) is 12.2 Å². The molecule has 0 saturated heterocycles. The first-order valence-corrected chi connectivity index (χ1v) is 6.35. The molecule has 2 N–H and O–H groups in total. The number of amides is 2. The standard InChI is InChI=1S/C15H17N3O2/c1-2-3-4-15(20)18-13-7-5-12(6-8-13)11-17-14(19)9-10-16/h3-8H,2,9,11H2,1H3,(H,17,19)(H,18,20)/b4-3+. The summed E-state index contributed by atoms with van der Waals surface area (Å²) in [5.74, 6) is -0.462. The lowest BCUT2D eigenvalue weighted by Gasteiger charge is -2.05. The number of carbonyl (C=O) groups excluding carboxylic acids is 2. The van der Waals surface area contributed by atoms with Gasteiger partial charge in [-0.05, 0) is 30.2 Å². The lowest BCUT2D eigenvalue weighted by Crippen LogP contribution is -2.21. The molecule has 104 valence electrons. The molecule has 5 nitrogen and oxygen atoms in total. The predicted molar refractivity (Wildman–Crippen MR) is 76.6 cm³/mol. The Morgan fingerprint density at radius 3 is 2.60 bits per heavy atom. The average Bonchev–Trinajstić information content (AvgIpc) is 2.45. The number of carbonyl (C=O) groups is 2. The summed E-state index contributed by atoms with van der Waals surface area (Å²) in [6, 6.07) is 8.94. The van der Waals surface area contributed by atoms with E-state index in [9.17, 15) is 9.59 Å². The number of hydrogen-bond acceptors (Lipinski definition) is 3. The molecular weight excluding hydrogens is 254 g/mol. The molecule has 0 unspecified atom stereocenters. The molecule has 5 heteroatoms. The van der Waals surface area contributed by atoms with Crippen molar-refractivity contribution in [1.29, 1.82) is 5.26 Å². The van der Waals surface area contributed by atoms with Gasteiger partial charge in [0.05, 0.1) is 6.07 Å². The van der Waals surface area contributed by atoms with Crippen LogP contribution in [0, 0.1) is 11.3 Å². The van der Waals surface area contributed by atoms with E-state index < -0.39 is 0 Å². The van der Waals surface area contributed by atoms with Gasteiger partial charge in [0.15, 0.2) is 0 Å². The molecule has 0 heterocycles. The highest BCUT2D eigenvalue weighted by Crippen LogP contribution is 2.09. The molecule has 1 aromatic rings. The molecule has 0 bridgehead atoms. The van der Waals surface area contributed by atoms with Crippen molar-refractivity contribution in [3.63, 3.8) is 0 Å². The molecule has 0 aliphatic carbocycles. The lowest BCUT2D eigenvalue weighted by molar-refractivity contribution is -0.120. The summed E-state index contributed by atoms with van der Waals surface area (Å²) in [5, 5.41) is 13.7. The fourth-order valence-electron chi connectivity index (χ4n) is 1.45. The Kier molecular flexibility index (Phi) is 6.55. The largest absolute Gasteiger partial charge is 0.351 e. The van der Waals surface area contributed by atoms with Crippen LogP contribution in [-0.2, 0) is 16.1 Å². The van der Waals surface area contributed by atoms with E-state index in [1.54, 1.807) is 24.3 Å². The minimum absolute atomic E-state index is 0.141. The molecule has 1 aromatic carbocycles. The van der Waals surface area contributed by atoms with E-state index in [1.807, 2.05) is 19.1 Å². The van der Waals surface area contributed by atoms with Crippen LogP contribution in [0.5, 0.6) is 0 Å². The van der Waals surface area contributed by atoms with E-state index >= 15 is 0 Å². The molecular formula is C15H17N3O2. The fourth-order valence-corrected chi connectivity index (χ4v) is 1.45. The second-order valence-electron chi connectivity index (χ2n) is 4.11. The molecule has 0 radical (unpaired) electrons. The number of nitrogens with one attached hydrogen (secondary N) is 2. The average molecular weight is 271 g/mol. The maximum atomic E-state index is 11.5. The van der Waals surface area contributed by atoms with Crippen molar-refractivity contribution in [2.24, 2.45) is 0 Å². The number of rotatable bonds is 6. The Labute approximate surface area is 118 Å². The van der Waals surface area contributed by atoms with Gasteiger partial charge in [-0.15, -0.1) is 0 Å². The Morgan fingerprint density at radius 1 is 1.30 bits per heavy atom. The van der Waals surface area contributed by atoms with E-state index in [2.05, 4.69) is 10.6 Å². The number of nitriles is 1. The van der Waals surface area contributed by atoms with E-state index in [1.165, 1.54) is 6.08 Å². The van der Waals surface area contributed by atoms with Crippen LogP contribution >= 0.6 is 0 Å². The van der Waals surface area contributed by atoms with Gasteiger partial charge in [0.25, 0.3) is 0 Å². The molecule has 0 aromatic heterocycles. The number of nitrogens with zero attached hydrogens (tertiary/aromatic N) is 1. The molecule has 20 heavy (non-hydrogen) atoms. The topological polar surface area (TPSA) is 82.0 Å². The van der Waals surface area contributed by atoms with E-state index in [0.717, 1.165) is 12.0 Å². The smallest absolute Gasteiger partial charge is 0.248 e. The second kappa shape index (κ2) is 8.48. The van der Waals surface area contributed by atoms with Gasteiger partial charge in [-0.25, -0.2) is 0 Å². The van der Waals surface area contributed by atoms with Crippen molar-refractivity contribution in [3.05, 3.63) is 42.0 Å². The molecule has 0 fully saturated rings. The number of hydrogen-bond donors (Lipinski definition) is 2. The first-order valence-electron chi connectivity index (χ1n) is 6.35. The van der Waals surface area contributed by atoms with Crippen molar-refractivity contribution >= 4 is 17.5 Å². The molecule has 1 rings (SSSR count). The van der Waals surface area contributed by atoms with Gasteiger partial charge in [-0.2, -0.15) is 5.26 Å². The fraction of sp³-hybridized carbons (Fsp3) is 0.267. The highest BCUT2D eigenvalue weighted by Gasteiger charge is 2.01. The predicted octanol–water partition coefficient (Wildman–Crippen LogP) is 2.12. The maximum Gasteiger partial charge on any atom is 0.248 e. The Hall–Kier alpha value is -2.61. The summed E-state index contributed by atoms with van der Waals surface area (Å²) in [4.78, 5) is 22.6. The van der Waals surface area contributed by atoms with E-state index in [0.29, 0.717) is 12.2 Å². The summed E-state index contributed by atoms with van der Waals surface area (Å²) in [6.07, 6.45) is 3.96. The van der Waals surface area contributed by atoms with E-state index in [-0.39, 0.29) is 18.2 Å². The van der Waals surface area contributed by atoms with E-state index in [4.69, 9.17) is 5.26 Å². The first-order chi connectivity index (χ1) is 9.65. The molecule has 0 saturated carbocycles. The monoisotopic (exact) mass is 271 g/mol. The van der Waals surface area contributed by atoms with Crippen molar-refractivity contribution in [2.75, 3.05) is 5.32 Å². The minimum atomic E-state index is -0.297. The van der Waals surface area contributed by atoms with Gasteiger partial charge >= 0.3 is 0 Å². The zero-order chi connectivity index (χ0) is 14.8. The highest BCUT2D eigenvalue weighted by atomic mass is 16.2. The summed E-state index contributed by atoms with van der Waals surface area (Å²) < 4.78 is 0.